The minimum absolute atomic E-state index is 0.0510. The number of nitrogens with zero attached hydrogens (tertiary/aromatic N) is 3. The van der Waals surface area contributed by atoms with Gasteiger partial charge < -0.3 is 5.73 Å². The summed E-state index contributed by atoms with van der Waals surface area (Å²) >= 11 is 5.93. The summed E-state index contributed by atoms with van der Waals surface area (Å²) < 4.78 is 1.77. The highest BCUT2D eigenvalue weighted by atomic mass is 35.5. The number of nitrogen functional groups attached to an aromatic ring is 1. The smallest absolute Gasteiger partial charge is 0.170 e. The van der Waals surface area contributed by atoms with Crippen molar-refractivity contribution in [3.63, 3.8) is 0 Å². The van der Waals surface area contributed by atoms with Crippen LogP contribution in [0.15, 0.2) is 24.5 Å². The molecule has 2 N–H and O–H groups in total. The van der Waals surface area contributed by atoms with Gasteiger partial charge in [0.05, 0.1) is 17.1 Å². The molecule has 20 heavy (non-hydrogen) atoms. The maximum Gasteiger partial charge on any atom is 0.170 e. The van der Waals surface area contributed by atoms with Gasteiger partial charge in [-0.3, -0.25) is 4.79 Å². The number of hydrogen-bond donors (Lipinski definition) is 1. The molecule has 0 aliphatic carbocycles. The first-order valence-corrected chi connectivity index (χ1v) is 6.80. The van der Waals surface area contributed by atoms with Gasteiger partial charge in [0.1, 0.15) is 12.2 Å². The number of anilines is 1. The van der Waals surface area contributed by atoms with E-state index in [1.165, 1.54) is 6.33 Å². The molecule has 1 aromatic heterocycles. The third kappa shape index (κ3) is 3.36. The highest BCUT2D eigenvalue weighted by molar-refractivity contribution is 6.33. The number of Topliss-reactive ketones (excluding diaryl/α,β-unsaturated/α-hetero) is 1. The number of rotatable bonds is 5. The Labute approximate surface area is 122 Å². The lowest BCUT2D eigenvalue weighted by Crippen LogP contribution is -2.14. The molecule has 0 bridgehead atoms. The second-order valence-electron chi connectivity index (χ2n) is 5.09. The van der Waals surface area contributed by atoms with Crippen LogP contribution in [0.2, 0.25) is 5.02 Å². The molecule has 0 saturated heterocycles. The molecule has 0 aliphatic rings. The van der Waals surface area contributed by atoms with Crippen LogP contribution in [0.4, 0.5) is 5.69 Å². The fourth-order valence-electron chi connectivity index (χ4n) is 1.87. The number of nitrogens with two attached hydrogens (primary N) is 1. The van der Waals surface area contributed by atoms with Gasteiger partial charge in [0.25, 0.3) is 0 Å². The van der Waals surface area contributed by atoms with Crippen molar-refractivity contribution in [3.05, 3.63) is 40.9 Å². The number of hydrogen-bond acceptors (Lipinski definition) is 4. The van der Waals surface area contributed by atoms with Crippen LogP contribution in [-0.4, -0.2) is 20.5 Å². The second-order valence-corrected chi connectivity index (χ2v) is 5.50. The van der Waals surface area contributed by atoms with E-state index in [0.29, 0.717) is 28.0 Å². The quantitative estimate of drug-likeness (QED) is 0.679. The van der Waals surface area contributed by atoms with Gasteiger partial charge in [0.2, 0.25) is 0 Å². The summed E-state index contributed by atoms with van der Waals surface area (Å²) in [6.07, 6.45) is 1.67. The fraction of sp³-hybridized carbons (Fsp3) is 0.357. The average molecular weight is 293 g/mol. The molecular formula is C14H17ClN4O. The van der Waals surface area contributed by atoms with E-state index < -0.39 is 0 Å². The zero-order valence-corrected chi connectivity index (χ0v) is 12.3. The maximum atomic E-state index is 12.2. The standard InChI is InChI=1S/C14H17ClN4O/c1-9(2)7-19-14(17-8-18-19)6-13(20)10-3-4-12(16)11(15)5-10/h3-5,8-9H,6-7,16H2,1-2H3. The van der Waals surface area contributed by atoms with E-state index in [9.17, 15) is 4.79 Å². The molecule has 106 valence electrons. The molecule has 6 heteroatoms. The average Bonchev–Trinajstić information content (AvgIpc) is 2.79. The Morgan fingerprint density at radius 2 is 2.20 bits per heavy atom. The summed E-state index contributed by atoms with van der Waals surface area (Å²) in [5.74, 6) is 1.05. The Hall–Kier alpha value is -1.88. The van der Waals surface area contributed by atoms with Crippen LogP contribution in [-0.2, 0) is 13.0 Å². The lowest BCUT2D eigenvalue weighted by molar-refractivity contribution is 0.0989. The van der Waals surface area contributed by atoms with Crippen molar-refractivity contribution in [1.29, 1.82) is 0 Å². The van der Waals surface area contributed by atoms with Crippen LogP contribution in [0.1, 0.15) is 30.0 Å². The van der Waals surface area contributed by atoms with Crippen LogP contribution in [0, 0.1) is 5.92 Å². The fourth-order valence-corrected chi connectivity index (χ4v) is 2.05. The molecule has 0 radical (unpaired) electrons. The number of halogens is 1. The highest BCUT2D eigenvalue weighted by Crippen LogP contribution is 2.20. The van der Waals surface area contributed by atoms with Crippen molar-refractivity contribution < 1.29 is 4.79 Å². The van der Waals surface area contributed by atoms with Crippen LogP contribution in [0.5, 0.6) is 0 Å². The molecule has 0 saturated carbocycles. The first-order valence-electron chi connectivity index (χ1n) is 6.42. The number of benzene rings is 1. The van der Waals surface area contributed by atoms with Crippen molar-refractivity contribution >= 4 is 23.1 Å². The van der Waals surface area contributed by atoms with Crippen LogP contribution in [0.25, 0.3) is 0 Å². The first-order chi connectivity index (χ1) is 9.47. The Morgan fingerprint density at radius 1 is 1.45 bits per heavy atom. The predicted molar refractivity (Wildman–Crippen MR) is 78.8 cm³/mol. The van der Waals surface area contributed by atoms with E-state index in [1.807, 2.05) is 0 Å². The topological polar surface area (TPSA) is 73.8 Å². The van der Waals surface area contributed by atoms with E-state index in [1.54, 1.807) is 22.9 Å². The number of carbonyl (C=O) groups excluding carboxylic acids is 1. The van der Waals surface area contributed by atoms with Crippen molar-refractivity contribution in [2.75, 3.05) is 5.73 Å². The molecule has 0 fully saturated rings. The van der Waals surface area contributed by atoms with Gasteiger partial charge in [0.15, 0.2) is 5.78 Å². The zero-order valence-electron chi connectivity index (χ0n) is 11.5. The Kier molecular flexibility index (Phi) is 4.39. The van der Waals surface area contributed by atoms with Crippen molar-refractivity contribution in [2.45, 2.75) is 26.8 Å². The van der Waals surface area contributed by atoms with Crippen LogP contribution >= 0.6 is 11.6 Å². The molecule has 5 nitrogen and oxygen atoms in total. The van der Waals surface area contributed by atoms with E-state index >= 15 is 0 Å². The minimum atomic E-state index is -0.0510. The Morgan fingerprint density at radius 3 is 2.85 bits per heavy atom. The Bertz CT molecular complexity index is 621. The lowest BCUT2D eigenvalue weighted by atomic mass is 10.1. The van der Waals surface area contributed by atoms with E-state index in [2.05, 4.69) is 23.9 Å². The summed E-state index contributed by atoms with van der Waals surface area (Å²) in [5, 5.41) is 4.53. The Balaban J connectivity index is 2.15. The normalized spacial score (nSPS) is 11.0. The van der Waals surface area contributed by atoms with Gasteiger partial charge in [0, 0.05) is 12.1 Å². The summed E-state index contributed by atoms with van der Waals surface area (Å²) in [4.78, 5) is 16.4. The van der Waals surface area contributed by atoms with Gasteiger partial charge in [-0.15, -0.1) is 0 Å². The van der Waals surface area contributed by atoms with Gasteiger partial charge in [-0.2, -0.15) is 5.10 Å². The zero-order chi connectivity index (χ0) is 14.7. The molecular weight excluding hydrogens is 276 g/mol. The van der Waals surface area contributed by atoms with Crippen molar-refractivity contribution in [2.24, 2.45) is 5.92 Å². The summed E-state index contributed by atoms with van der Waals surface area (Å²) in [6, 6.07) is 4.89. The predicted octanol–water partition coefficient (Wildman–Crippen LogP) is 2.60. The number of ketones is 1. The van der Waals surface area contributed by atoms with Crippen molar-refractivity contribution in [3.8, 4) is 0 Å². The van der Waals surface area contributed by atoms with Gasteiger partial charge in [-0.05, 0) is 24.1 Å². The first kappa shape index (κ1) is 14.5. The number of aromatic nitrogens is 3. The van der Waals surface area contributed by atoms with E-state index in [-0.39, 0.29) is 12.2 Å². The summed E-state index contributed by atoms with van der Waals surface area (Å²) in [7, 11) is 0. The van der Waals surface area contributed by atoms with Gasteiger partial charge >= 0.3 is 0 Å². The van der Waals surface area contributed by atoms with Crippen LogP contribution in [0.3, 0.4) is 0 Å². The minimum Gasteiger partial charge on any atom is -0.398 e. The lowest BCUT2D eigenvalue weighted by Gasteiger charge is -2.08. The van der Waals surface area contributed by atoms with Crippen LogP contribution < -0.4 is 5.73 Å². The summed E-state index contributed by atoms with van der Waals surface area (Å²) in [6.45, 7) is 4.92. The second kappa shape index (κ2) is 6.05. The largest absolute Gasteiger partial charge is 0.398 e. The molecule has 0 amide bonds. The third-order valence-corrected chi connectivity index (χ3v) is 3.20. The monoisotopic (exact) mass is 292 g/mol. The number of carbonyl (C=O) groups is 1. The van der Waals surface area contributed by atoms with E-state index in [0.717, 1.165) is 6.54 Å². The molecule has 1 aromatic carbocycles. The molecule has 2 aromatic rings. The maximum absolute atomic E-state index is 12.2. The SMILES string of the molecule is CC(C)Cn1ncnc1CC(=O)c1ccc(N)c(Cl)c1. The molecule has 0 unspecified atom stereocenters. The third-order valence-electron chi connectivity index (χ3n) is 2.87. The molecule has 0 spiro atoms. The highest BCUT2D eigenvalue weighted by Gasteiger charge is 2.13. The van der Waals surface area contributed by atoms with Gasteiger partial charge in [-0.1, -0.05) is 25.4 Å². The van der Waals surface area contributed by atoms with Crippen molar-refractivity contribution in [1.82, 2.24) is 14.8 Å². The summed E-state index contributed by atoms with van der Waals surface area (Å²) in [5.41, 5.74) is 6.63. The molecule has 1 heterocycles. The molecule has 0 aliphatic heterocycles. The van der Waals surface area contributed by atoms with Gasteiger partial charge in [-0.25, -0.2) is 9.67 Å². The molecule has 0 atom stereocenters. The molecule has 2 rings (SSSR count). The van der Waals surface area contributed by atoms with E-state index in [4.69, 9.17) is 17.3 Å².